The summed E-state index contributed by atoms with van der Waals surface area (Å²) >= 11 is 0. The minimum atomic E-state index is -0.324. The van der Waals surface area contributed by atoms with Crippen LogP contribution in [-0.2, 0) is 6.54 Å². The topological polar surface area (TPSA) is 58.4 Å². The van der Waals surface area contributed by atoms with Crippen LogP contribution in [-0.4, -0.2) is 18.0 Å². The van der Waals surface area contributed by atoms with Crippen molar-refractivity contribution in [3.63, 3.8) is 0 Å². The highest BCUT2D eigenvalue weighted by Crippen LogP contribution is 2.25. The molecule has 126 valence electrons. The van der Waals surface area contributed by atoms with Gasteiger partial charge in [-0.3, -0.25) is 10.1 Å². The van der Waals surface area contributed by atoms with Gasteiger partial charge in [0, 0.05) is 43.0 Å². The van der Waals surface area contributed by atoms with Gasteiger partial charge in [-0.15, -0.1) is 0 Å². The molecule has 1 aliphatic rings. The van der Waals surface area contributed by atoms with E-state index in [1.54, 1.807) is 18.2 Å². The van der Waals surface area contributed by atoms with Crippen molar-refractivity contribution in [2.45, 2.75) is 32.4 Å². The lowest BCUT2D eigenvalue weighted by Crippen LogP contribution is -2.20. The minimum Gasteiger partial charge on any atom is -0.372 e. The number of benzene rings is 2. The molecule has 1 saturated heterocycles. The zero-order valence-corrected chi connectivity index (χ0v) is 13.9. The van der Waals surface area contributed by atoms with Gasteiger partial charge in [-0.1, -0.05) is 30.3 Å². The van der Waals surface area contributed by atoms with E-state index in [9.17, 15) is 10.1 Å². The smallest absolute Gasteiger partial charge is 0.273 e. The first-order valence-corrected chi connectivity index (χ1v) is 8.46. The van der Waals surface area contributed by atoms with Crippen molar-refractivity contribution in [2.24, 2.45) is 0 Å². The van der Waals surface area contributed by atoms with Crippen molar-refractivity contribution in [1.82, 2.24) is 5.32 Å². The SMILES string of the molecule is CC(NCc1ccccc1[N+](=O)[O-])c1cccc(N2CCCC2)c1. The van der Waals surface area contributed by atoms with E-state index < -0.39 is 0 Å². The lowest BCUT2D eigenvalue weighted by molar-refractivity contribution is -0.385. The molecule has 5 heteroatoms. The van der Waals surface area contributed by atoms with Gasteiger partial charge >= 0.3 is 0 Å². The van der Waals surface area contributed by atoms with Crippen LogP contribution in [0.3, 0.4) is 0 Å². The van der Waals surface area contributed by atoms with Gasteiger partial charge in [-0.25, -0.2) is 0 Å². The maximum atomic E-state index is 11.1. The summed E-state index contributed by atoms with van der Waals surface area (Å²) in [6.07, 6.45) is 2.52. The van der Waals surface area contributed by atoms with Gasteiger partial charge in [0.15, 0.2) is 0 Å². The molecule has 1 unspecified atom stereocenters. The van der Waals surface area contributed by atoms with E-state index in [2.05, 4.69) is 41.4 Å². The number of nitro groups is 1. The average Bonchev–Trinajstić information content (AvgIpc) is 3.14. The molecule has 0 spiro atoms. The van der Waals surface area contributed by atoms with Gasteiger partial charge in [0.1, 0.15) is 0 Å². The van der Waals surface area contributed by atoms with Crippen LogP contribution in [0, 0.1) is 10.1 Å². The Morgan fingerprint density at radius 3 is 2.67 bits per heavy atom. The lowest BCUT2D eigenvalue weighted by Gasteiger charge is -2.20. The molecule has 1 heterocycles. The highest BCUT2D eigenvalue weighted by molar-refractivity contribution is 5.50. The third kappa shape index (κ3) is 3.74. The molecule has 0 aliphatic carbocycles. The van der Waals surface area contributed by atoms with Gasteiger partial charge in [0.05, 0.1) is 4.92 Å². The molecule has 1 atom stereocenters. The Bertz CT molecular complexity index is 711. The van der Waals surface area contributed by atoms with Gasteiger partial charge < -0.3 is 10.2 Å². The number of nitrogens with zero attached hydrogens (tertiary/aromatic N) is 2. The van der Waals surface area contributed by atoms with Crippen LogP contribution in [0.2, 0.25) is 0 Å². The summed E-state index contributed by atoms with van der Waals surface area (Å²) < 4.78 is 0. The Hall–Kier alpha value is -2.40. The molecule has 0 saturated carbocycles. The van der Waals surface area contributed by atoms with Crippen molar-refractivity contribution in [3.8, 4) is 0 Å². The quantitative estimate of drug-likeness (QED) is 0.643. The molecule has 0 amide bonds. The number of hydrogen-bond donors (Lipinski definition) is 1. The number of rotatable bonds is 6. The zero-order valence-electron chi connectivity index (χ0n) is 13.9. The molecule has 0 bridgehead atoms. The molecule has 0 aromatic heterocycles. The monoisotopic (exact) mass is 325 g/mol. The lowest BCUT2D eigenvalue weighted by atomic mass is 10.1. The van der Waals surface area contributed by atoms with Crippen molar-refractivity contribution in [3.05, 3.63) is 69.8 Å². The maximum Gasteiger partial charge on any atom is 0.273 e. The molecule has 2 aromatic carbocycles. The molecule has 1 aliphatic heterocycles. The molecule has 1 fully saturated rings. The van der Waals surface area contributed by atoms with Crippen LogP contribution >= 0.6 is 0 Å². The molecule has 5 nitrogen and oxygen atoms in total. The molecule has 1 N–H and O–H groups in total. The predicted molar refractivity (Wildman–Crippen MR) is 96.2 cm³/mol. The van der Waals surface area contributed by atoms with Gasteiger partial charge in [0.25, 0.3) is 5.69 Å². The van der Waals surface area contributed by atoms with Gasteiger partial charge in [0.2, 0.25) is 0 Å². The van der Waals surface area contributed by atoms with Crippen LogP contribution in [0.5, 0.6) is 0 Å². The summed E-state index contributed by atoms with van der Waals surface area (Å²) in [5.41, 5.74) is 3.36. The standard InChI is InChI=1S/C19H23N3O2/c1-15(20-14-17-7-2-3-10-19(17)22(23)24)16-8-6-9-18(13-16)21-11-4-5-12-21/h2-3,6-10,13,15,20H,4-5,11-12,14H2,1H3. The minimum absolute atomic E-state index is 0.132. The number of nitro benzene ring substituents is 1. The van der Waals surface area contributed by atoms with Crippen molar-refractivity contribution in [2.75, 3.05) is 18.0 Å². The van der Waals surface area contributed by atoms with Crippen LogP contribution in [0.15, 0.2) is 48.5 Å². The van der Waals surface area contributed by atoms with E-state index in [-0.39, 0.29) is 16.7 Å². The second-order valence-electron chi connectivity index (χ2n) is 6.28. The first kappa shape index (κ1) is 16.5. The number of anilines is 1. The highest BCUT2D eigenvalue weighted by Gasteiger charge is 2.15. The Morgan fingerprint density at radius 1 is 1.17 bits per heavy atom. The third-order valence-electron chi connectivity index (χ3n) is 4.63. The molecular formula is C19H23N3O2. The van der Waals surface area contributed by atoms with Crippen LogP contribution in [0.1, 0.15) is 36.9 Å². The molecule has 2 aromatic rings. The van der Waals surface area contributed by atoms with E-state index in [0.717, 1.165) is 13.1 Å². The molecular weight excluding hydrogens is 302 g/mol. The Labute approximate surface area is 142 Å². The summed E-state index contributed by atoms with van der Waals surface area (Å²) in [7, 11) is 0. The van der Waals surface area contributed by atoms with Crippen molar-refractivity contribution >= 4 is 11.4 Å². The van der Waals surface area contributed by atoms with E-state index in [4.69, 9.17) is 0 Å². The fraction of sp³-hybridized carbons (Fsp3) is 0.368. The third-order valence-corrected chi connectivity index (χ3v) is 4.63. The van der Waals surface area contributed by atoms with E-state index >= 15 is 0 Å². The molecule has 24 heavy (non-hydrogen) atoms. The zero-order chi connectivity index (χ0) is 16.9. The summed E-state index contributed by atoms with van der Waals surface area (Å²) in [5.74, 6) is 0. The number of para-hydroxylation sites is 1. The fourth-order valence-electron chi connectivity index (χ4n) is 3.19. The highest BCUT2D eigenvalue weighted by atomic mass is 16.6. The summed E-state index contributed by atoms with van der Waals surface area (Å²) in [6.45, 7) is 4.83. The second-order valence-corrected chi connectivity index (χ2v) is 6.28. The predicted octanol–water partition coefficient (Wildman–Crippen LogP) is 4.05. The van der Waals surface area contributed by atoms with E-state index in [1.165, 1.54) is 24.1 Å². The van der Waals surface area contributed by atoms with Crippen LogP contribution in [0.25, 0.3) is 0 Å². The largest absolute Gasteiger partial charge is 0.372 e. The van der Waals surface area contributed by atoms with Gasteiger partial charge in [-0.05, 0) is 37.5 Å². The molecule has 3 rings (SSSR count). The van der Waals surface area contributed by atoms with E-state index in [0.29, 0.717) is 12.1 Å². The summed E-state index contributed by atoms with van der Waals surface area (Å²) in [5, 5.41) is 14.5. The van der Waals surface area contributed by atoms with E-state index in [1.807, 2.05) is 6.07 Å². The number of hydrogen-bond acceptors (Lipinski definition) is 4. The normalized spacial score (nSPS) is 15.5. The Kier molecular flexibility index (Phi) is 5.11. The first-order valence-electron chi connectivity index (χ1n) is 8.46. The summed E-state index contributed by atoms with van der Waals surface area (Å²) in [4.78, 5) is 13.2. The van der Waals surface area contributed by atoms with Crippen LogP contribution in [0.4, 0.5) is 11.4 Å². The summed E-state index contributed by atoms with van der Waals surface area (Å²) in [6, 6.07) is 15.6. The Balaban J connectivity index is 1.68. The van der Waals surface area contributed by atoms with Crippen molar-refractivity contribution in [1.29, 1.82) is 0 Å². The first-order chi connectivity index (χ1) is 11.6. The molecule has 0 radical (unpaired) electrons. The Morgan fingerprint density at radius 2 is 1.92 bits per heavy atom. The maximum absolute atomic E-state index is 11.1. The average molecular weight is 325 g/mol. The second kappa shape index (κ2) is 7.45. The van der Waals surface area contributed by atoms with Gasteiger partial charge in [-0.2, -0.15) is 0 Å². The van der Waals surface area contributed by atoms with Crippen LogP contribution < -0.4 is 10.2 Å². The van der Waals surface area contributed by atoms with Crippen molar-refractivity contribution < 1.29 is 4.92 Å². The number of nitrogens with one attached hydrogen (secondary N) is 1. The fourth-order valence-corrected chi connectivity index (χ4v) is 3.19.